The maximum atomic E-state index is 13.5. The molecule has 0 aliphatic heterocycles. The lowest BCUT2D eigenvalue weighted by molar-refractivity contribution is -0.137. The number of amides is 3. The van der Waals surface area contributed by atoms with E-state index in [2.05, 4.69) is 43.6 Å². The van der Waals surface area contributed by atoms with Gasteiger partial charge in [-0.05, 0) is 57.8 Å². The van der Waals surface area contributed by atoms with Gasteiger partial charge in [-0.3, -0.25) is 24.0 Å². The standard InChI is InChI=1S/C40H75N3O6/c1-5-9-18-23-34(8-4)35(44)26-29-40(30-27-36(45)41-32-21-10-6-2,31-28-37(46)42-33-22-11-7-3)43-38(47)24-19-16-14-12-13-15-17-20-25-39(48)49/h34H,5-33H2,1-4H3,(H,41,45)(H,42,46)(H,43,47)(H,48,49). The molecule has 0 bridgehead atoms. The summed E-state index contributed by atoms with van der Waals surface area (Å²) < 4.78 is 0. The number of unbranched alkanes of at least 4 members (excludes halogenated alkanes) is 13. The molecule has 0 heterocycles. The molecule has 286 valence electrons. The Hall–Kier alpha value is -2.45. The van der Waals surface area contributed by atoms with Gasteiger partial charge < -0.3 is 21.1 Å². The zero-order valence-electron chi connectivity index (χ0n) is 32.1. The van der Waals surface area contributed by atoms with Gasteiger partial charge in [0, 0.05) is 56.7 Å². The topological polar surface area (TPSA) is 142 Å². The summed E-state index contributed by atoms with van der Waals surface area (Å²) in [6.07, 6.45) is 21.2. The molecule has 1 atom stereocenters. The average molecular weight is 694 g/mol. The summed E-state index contributed by atoms with van der Waals surface area (Å²) in [6.45, 7) is 9.73. The van der Waals surface area contributed by atoms with Gasteiger partial charge in [-0.2, -0.15) is 0 Å². The molecule has 0 spiro atoms. The lowest BCUT2D eigenvalue weighted by atomic mass is 9.80. The molecule has 4 N–H and O–H groups in total. The third-order valence-electron chi connectivity index (χ3n) is 9.77. The maximum Gasteiger partial charge on any atom is 0.303 e. The van der Waals surface area contributed by atoms with Crippen molar-refractivity contribution >= 4 is 29.5 Å². The minimum Gasteiger partial charge on any atom is -0.481 e. The van der Waals surface area contributed by atoms with Crippen molar-refractivity contribution in [2.75, 3.05) is 13.1 Å². The molecule has 0 saturated heterocycles. The number of Topliss-reactive ketones (excluding diaryl/α,β-unsaturated/α-hetero) is 1. The normalized spacial score (nSPS) is 12.0. The molecule has 0 aromatic carbocycles. The number of rotatable bonds is 35. The van der Waals surface area contributed by atoms with Gasteiger partial charge >= 0.3 is 5.97 Å². The van der Waals surface area contributed by atoms with Crippen LogP contribution in [0.25, 0.3) is 0 Å². The second-order valence-electron chi connectivity index (χ2n) is 14.2. The molecule has 0 aliphatic rings. The van der Waals surface area contributed by atoms with Crippen LogP contribution in [0.15, 0.2) is 0 Å². The van der Waals surface area contributed by atoms with E-state index in [-0.39, 0.29) is 48.7 Å². The number of carbonyl (C=O) groups excluding carboxylic acids is 4. The number of ketones is 1. The van der Waals surface area contributed by atoms with Gasteiger partial charge in [0.2, 0.25) is 17.7 Å². The zero-order chi connectivity index (χ0) is 36.6. The first-order valence-electron chi connectivity index (χ1n) is 20.2. The van der Waals surface area contributed by atoms with Gasteiger partial charge in [-0.15, -0.1) is 0 Å². The van der Waals surface area contributed by atoms with E-state index >= 15 is 0 Å². The Morgan fingerprint density at radius 3 is 1.43 bits per heavy atom. The smallest absolute Gasteiger partial charge is 0.303 e. The SMILES string of the molecule is CCCCCNC(=O)CCC(CCC(=O)NCCCCC)(CCC(=O)C(CC)CCCCC)NC(=O)CCCCCCCCCCC(=O)O. The molecule has 49 heavy (non-hydrogen) atoms. The van der Waals surface area contributed by atoms with Gasteiger partial charge in [0.1, 0.15) is 5.78 Å². The molecule has 0 fully saturated rings. The summed E-state index contributed by atoms with van der Waals surface area (Å²) in [5, 5.41) is 18.1. The van der Waals surface area contributed by atoms with Crippen LogP contribution in [0.5, 0.6) is 0 Å². The Balaban J connectivity index is 5.56. The first-order chi connectivity index (χ1) is 23.6. The Labute approximate surface area is 299 Å². The van der Waals surface area contributed by atoms with E-state index in [1.807, 2.05) is 0 Å². The molecule has 0 saturated carbocycles. The summed E-state index contributed by atoms with van der Waals surface area (Å²) in [5.74, 6) is -0.715. The lowest BCUT2D eigenvalue weighted by Gasteiger charge is -2.35. The van der Waals surface area contributed by atoms with Crippen molar-refractivity contribution in [3.05, 3.63) is 0 Å². The molecule has 0 aromatic rings. The summed E-state index contributed by atoms with van der Waals surface area (Å²) in [7, 11) is 0. The number of carbonyl (C=O) groups is 5. The quantitative estimate of drug-likeness (QED) is 0.0489. The Morgan fingerprint density at radius 2 is 0.959 bits per heavy atom. The van der Waals surface area contributed by atoms with Gasteiger partial charge in [0.25, 0.3) is 0 Å². The zero-order valence-corrected chi connectivity index (χ0v) is 32.1. The first kappa shape index (κ1) is 46.5. The van der Waals surface area contributed by atoms with Crippen molar-refractivity contribution in [1.29, 1.82) is 0 Å². The minimum absolute atomic E-state index is 0.000787. The molecule has 3 amide bonds. The van der Waals surface area contributed by atoms with Crippen molar-refractivity contribution in [3.63, 3.8) is 0 Å². The van der Waals surface area contributed by atoms with Gasteiger partial charge in [-0.1, -0.05) is 111 Å². The lowest BCUT2D eigenvalue weighted by Crippen LogP contribution is -2.50. The third kappa shape index (κ3) is 27.0. The molecule has 0 aliphatic carbocycles. The van der Waals surface area contributed by atoms with E-state index in [0.717, 1.165) is 122 Å². The van der Waals surface area contributed by atoms with E-state index in [1.165, 1.54) is 0 Å². The predicted molar refractivity (Wildman–Crippen MR) is 200 cm³/mol. The highest BCUT2D eigenvalue weighted by Crippen LogP contribution is 2.29. The molecular weight excluding hydrogens is 618 g/mol. The van der Waals surface area contributed by atoms with Gasteiger partial charge in [0.15, 0.2) is 0 Å². The van der Waals surface area contributed by atoms with E-state index in [4.69, 9.17) is 5.11 Å². The number of nitrogens with one attached hydrogen (secondary N) is 3. The molecule has 9 heteroatoms. The molecule has 1 unspecified atom stereocenters. The Kier molecular flexibility index (Phi) is 29.9. The summed E-state index contributed by atoms with van der Waals surface area (Å²) in [6, 6.07) is 0. The molecule has 9 nitrogen and oxygen atoms in total. The fourth-order valence-electron chi connectivity index (χ4n) is 6.43. The fraction of sp³-hybridized carbons (Fsp3) is 0.875. The van der Waals surface area contributed by atoms with Crippen molar-refractivity contribution < 1.29 is 29.1 Å². The van der Waals surface area contributed by atoms with Crippen LogP contribution < -0.4 is 16.0 Å². The third-order valence-corrected chi connectivity index (χ3v) is 9.77. The Morgan fingerprint density at radius 1 is 0.510 bits per heavy atom. The van der Waals surface area contributed by atoms with Gasteiger partial charge in [-0.25, -0.2) is 0 Å². The van der Waals surface area contributed by atoms with Crippen LogP contribution in [0.3, 0.4) is 0 Å². The highest BCUT2D eigenvalue weighted by atomic mass is 16.4. The largest absolute Gasteiger partial charge is 0.481 e. The van der Waals surface area contributed by atoms with Crippen LogP contribution in [0, 0.1) is 5.92 Å². The highest BCUT2D eigenvalue weighted by molar-refractivity contribution is 5.82. The second-order valence-corrected chi connectivity index (χ2v) is 14.2. The van der Waals surface area contributed by atoms with Crippen LogP contribution in [-0.2, 0) is 24.0 Å². The van der Waals surface area contributed by atoms with Crippen LogP contribution in [0.1, 0.15) is 201 Å². The second kappa shape index (κ2) is 31.5. The summed E-state index contributed by atoms with van der Waals surface area (Å²) >= 11 is 0. The summed E-state index contributed by atoms with van der Waals surface area (Å²) in [4.78, 5) is 63.4. The van der Waals surface area contributed by atoms with Gasteiger partial charge in [0.05, 0.1) is 0 Å². The monoisotopic (exact) mass is 694 g/mol. The number of hydrogen-bond donors (Lipinski definition) is 4. The average Bonchev–Trinajstić information content (AvgIpc) is 3.08. The minimum atomic E-state index is -0.814. The molecule has 0 aromatic heterocycles. The van der Waals surface area contributed by atoms with Crippen LogP contribution in [0.2, 0.25) is 0 Å². The maximum absolute atomic E-state index is 13.5. The van der Waals surface area contributed by atoms with E-state index in [0.29, 0.717) is 45.2 Å². The number of aliphatic carboxylic acids is 1. The van der Waals surface area contributed by atoms with E-state index in [9.17, 15) is 24.0 Å². The molecule has 0 radical (unpaired) electrons. The molecular formula is C40H75N3O6. The number of carboxylic acids is 1. The van der Waals surface area contributed by atoms with Crippen molar-refractivity contribution in [2.24, 2.45) is 5.92 Å². The summed E-state index contributed by atoms with van der Waals surface area (Å²) in [5.41, 5.74) is -0.814. The van der Waals surface area contributed by atoms with Crippen molar-refractivity contribution in [2.45, 2.75) is 207 Å². The first-order valence-corrected chi connectivity index (χ1v) is 20.2. The molecule has 0 rings (SSSR count). The van der Waals surface area contributed by atoms with Crippen LogP contribution >= 0.6 is 0 Å². The van der Waals surface area contributed by atoms with E-state index < -0.39 is 11.5 Å². The Bertz CT molecular complexity index is 865. The number of hydrogen-bond acceptors (Lipinski definition) is 5. The predicted octanol–water partition coefficient (Wildman–Crippen LogP) is 8.96. The fourth-order valence-corrected chi connectivity index (χ4v) is 6.43. The van der Waals surface area contributed by atoms with Crippen molar-refractivity contribution in [1.82, 2.24) is 16.0 Å². The number of carboxylic acid groups (broad SMARTS) is 1. The van der Waals surface area contributed by atoms with Crippen molar-refractivity contribution in [3.8, 4) is 0 Å². The highest BCUT2D eigenvalue weighted by Gasteiger charge is 2.34. The van der Waals surface area contributed by atoms with E-state index in [1.54, 1.807) is 0 Å². The van der Waals surface area contributed by atoms with Crippen LogP contribution in [-0.4, -0.2) is 53.2 Å². The van der Waals surface area contributed by atoms with Crippen LogP contribution in [0.4, 0.5) is 0 Å².